The minimum atomic E-state index is -0.369. The summed E-state index contributed by atoms with van der Waals surface area (Å²) in [5, 5.41) is 3.48. The topological polar surface area (TPSA) is 32.3 Å². The zero-order valence-electron chi connectivity index (χ0n) is 11.2. The van der Waals surface area contributed by atoms with E-state index in [0.717, 1.165) is 32.4 Å². The molecule has 0 aliphatic carbocycles. The Labute approximate surface area is 126 Å². The number of carbonyl (C=O) groups is 1. The molecule has 2 heterocycles. The number of hydrogen-bond acceptors (Lipinski definition) is 2. The summed E-state index contributed by atoms with van der Waals surface area (Å²) >= 11 is 3.35. The van der Waals surface area contributed by atoms with Crippen molar-refractivity contribution in [3.8, 4) is 0 Å². The van der Waals surface area contributed by atoms with E-state index in [9.17, 15) is 9.18 Å². The Balaban J connectivity index is 1.83. The van der Waals surface area contributed by atoms with Crippen LogP contribution in [0, 0.1) is 5.82 Å². The maximum absolute atomic E-state index is 13.4. The highest BCUT2D eigenvalue weighted by molar-refractivity contribution is 9.10. The van der Waals surface area contributed by atoms with Gasteiger partial charge < -0.3 is 10.2 Å². The molecule has 108 valence electrons. The zero-order chi connectivity index (χ0) is 14.1. The third kappa shape index (κ3) is 2.61. The fraction of sp³-hybridized carbons (Fsp3) is 0.533. The molecule has 2 saturated heterocycles. The Kier molecular flexibility index (Phi) is 4.08. The summed E-state index contributed by atoms with van der Waals surface area (Å²) in [5.74, 6) is -0.432. The molecule has 3 rings (SSSR count). The van der Waals surface area contributed by atoms with E-state index in [1.165, 1.54) is 18.6 Å². The Bertz CT molecular complexity index is 517. The van der Waals surface area contributed by atoms with E-state index >= 15 is 0 Å². The molecule has 3 nitrogen and oxygen atoms in total. The van der Waals surface area contributed by atoms with Gasteiger partial charge in [0.15, 0.2) is 0 Å². The molecule has 2 fully saturated rings. The van der Waals surface area contributed by atoms with E-state index in [-0.39, 0.29) is 17.8 Å². The monoisotopic (exact) mass is 340 g/mol. The molecule has 0 radical (unpaired) electrons. The van der Waals surface area contributed by atoms with Crippen molar-refractivity contribution in [2.45, 2.75) is 37.8 Å². The lowest BCUT2D eigenvalue weighted by Gasteiger charge is -2.30. The van der Waals surface area contributed by atoms with Crippen LogP contribution >= 0.6 is 15.9 Å². The molecule has 1 aromatic rings. The highest BCUT2D eigenvalue weighted by Gasteiger charge is 2.36. The second-order valence-corrected chi connectivity index (χ2v) is 6.39. The smallest absolute Gasteiger partial charge is 0.255 e. The normalized spacial score (nSPS) is 26.2. The van der Waals surface area contributed by atoms with Gasteiger partial charge in [0.2, 0.25) is 0 Å². The molecular formula is C15H18BrFN2O. The molecule has 2 unspecified atom stereocenters. The summed E-state index contributed by atoms with van der Waals surface area (Å²) < 4.78 is 14.0. The van der Waals surface area contributed by atoms with Crippen molar-refractivity contribution < 1.29 is 9.18 Å². The van der Waals surface area contributed by atoms with Crippen LogP contribution in [0.2, 0.25) is 0 Å². The molecule has 2 aliphatic heterocycles. The van der Waals surface area contributed by atoms with E-state index in [0.29, 0.717) is 16.1 Å². The summed E-state index contributed by atoms with van der Waals surface area (Å²) in [5.41, 5.74) is 0.426. The van der Waals surface area contributed by atoms with Crippen molar-refractivity contribution in [3.63, 3.8) is 0 Å². The van der Waals surface area contributed by atoms with Gasteiger partial charge in [-0.3, -0.25) is 4.79 Å². The van der Waals surface area contributed by atoms with Crippen LogP contribution in [0.15, 0.2) is 22.7 Å². The van der Waals surface area contributed by atoms with Crippen LogP contribution in [0.4, 0.5) is 4.39 Å². The zero-order valence-corrected chi connectivity index (χ0v) is 12.8. The number of halogens is 2. The van der Waals surface area contributed by atoms with Crippen molar-refractivity contribution >= 4 is 21.8 Å². The van der Waals surface area contributed by atoms with Crippen molar-refractivity contribution in [1.82, 2.24) is 10.2 Å². The number of amides is 1. The second kappa shape index (κ2) is 5.82. The van der Waals surface area contributed by atoms with E-state index < -0.39 is 0 Å². The van der Waals surface area contributed by atoms with Gasteiger partial charge in [0.05, 0.1) is 5.56 Å². The average molecular weight is 341 g/mol. The number of nitrogens with zero attached hydrogens (tertiary/aromatic N) is 1. The summed E-state index contributed by atoms with van der Waals surface area (Å²) in [6.07, 6.45) is 4.36. The van der Waals surface area contributed by atoms with Crippen LogP contribution in [-0.4, -0.2) is 36.0 Å². The molecule has 5 heteroatoms. The molecule has 0 bridgehead atoms. The fourth-order valence-corrected chi connectivity index (χ4v) is 3.74. The lowest BCUT2D eigenvalue weighted by atomic mass is 10.0. The first-order chi connectivity index (χ1) is 9.66. The van der Waals surface area contributed by atoms with Crippen LogP contribution in [0.3, 0.4) is 0 Å². The van der Waals surface area contributed by atoms with Crippen LogP contribution in [0.25, 0.3) is 0 Å². The van der Waals surface area contributed by atoms with Gasteiger partial charge in [0, 0.05) is 23.1 Å². The minimum Gasteiger partial charge on any atom is -0.334 e. The molecule has 20 heavy (non-hydrogen) atoms. The van der Waals surface area contributed by atoms with Crippen molar-refractivity contribution in [1.29, 1.82) is 0 Å². The van der Waals surface area contributed by atoms with Gasteiger partial charge in [-0.25, -0.2) is 4.39 Å². The summed E-state index contributed by atoms with van der Waals surface area (Å²) in [7, 11) is 0. The van der Waals surface area contributed by atoms with Gasteiger partial charge >= 0.3 is 0 Å². The quantitative estimate of drug-likeness (QED) is 0.897. The first-order valence-corrected chi connectivity index (χ1v) is 7.95. The maximum atomic E-state index is 13.4. The first kappa shape index (κ1) is 14.0. The van der Waals surface area contributed by atoms with Crippen LogP contribution in [0.1, 0.15) is 36.0 Å². The van der Waals surface area contributed by atoms with E-state index in [4.69, 9.17) is 0 Å². The fourth-order valence-electron chi connectivity index (χ4n) is 3.32. The molecule has 2 aliphatic rings. The van der Waals surface area contributed by atoms with Gasteiger partial charge in [-0.2, -0.15) is 0 Å². The molecule has 2 atom stereocenters. The Morgan fingerprint density at radius 3 is 2.95 bits per heavy atom. The van der Waals surface area contributed by atoms with Crippen LogP contribution in [0.5, 0.6) is 0 Å². The minimum absolute atomic E-state index is 0.0624. The van der Waals surface area contributed by atoms with Gasteiger partial charge in [-0.05, 0) is 66.4 Å². The van der Waals surface area contributed by atoms with Crippen LogP contribution in [-0.2, 0) is 0 Å². The highest BCUT2D eigenvalue weighted by atomic mass is 79.9. The number of hydrogen-bond donors (Lipinski definition) is 1. The Morgan fingerprint density at radius 2 is 2.20 bits per heavy atom. The number of likely N-dealkylation sites (tertiary alicyclic amines) is 1. The molecule has 1 N–H and O–H groups in total. The predicted octanol–water partition coefficient (Wildman–Crippen LogP) is 2.94. The summed E-state index contributed by atoms with van der Waals surface area (Å²) in [6, 6.07) is 4.93. The summed E-state index contributed by atoms with van der Waals surface area (Å²) in [6.45, 7) is 1.80. The van der Waals surface area contributed by atoms with Gasteiger partial charge in [0.1, 0.15) is 5.82 Å². The standard InChI is InChI=1S/C15H18BrFN2O/c16-12-6-5-10(17)9-11(12)15(20)19-8-2-4-14(19)13-3-1-7-18-13/h5-6,9,13-14,18H,1-4,7-8H2. The Hall–Kier alpha value is -0.940. The molecule has 1 aromatic carbocycles. The van der Waals surface area contributed by atoms with E-state index in [1.807, 2.05) is 4.90 Å². The van der Waals surface area contributed by atoms with Crippen molar-refractivity contribution in [2.75, 3.05) is 13.1 Å². The largest absolute Gasteiger partial charge is 0.334 e. The third-order valence-electron chi connectivity index (χ3n) is 4.28. The maximum Gasteiger partial charge on any atom is 0.255 e. The first-order valence-electron chi connectivity index (χ1n) is 7.16. The number of carbonyl (C=O) groups excluding carboxylic acids is 1. The van der Waals surface area contributed by atoms with Crippen LogP contribution < -0.4 is 5.32 Å². The van der Waals surface area contributed by atoms with E-state index in [2.05, 4.69) is 21.2 Å². The predicted molar refractivity (Wildman–Crippen MR) is 79.2 cm³/mol. The average Bonchev–Trinajstić information content (AvgIpc) is 3.10. The molecule has 1 amide bonds. The van der Waals surface area contributed by atoms with Crippen molar-refractivity contribution in [3.05, 3.63) is 34.1 Å². The second-order valence-electron chi connectivity index (χ2n) is 5.54. The lowest BCUT2D eigenvalue weighted by molar-refractivity contribution is 0.0710. The number of benzene rings is 1. The van der Waals surface area contributed by atoms with Gasteiger partial charge in [-0.15, -0.1) is 0 Å². The lowest BCUT2D eigenvalue weighted by Crippen LogP contribution is -2.46. The molecule has 0 aromatic heterocycles. The van der Waals surface area contributed by atoms with Gasteiger partial charge in [0.25, 0.3) is 5.91 Å². The number of rotatable bonds is 2. The van der Waals surface area contributed by atoms with E-state index in [1.54, 1.807) is 6.07 Å². The SMILES string of the molecule is O=C(c1cc(F)ccc1Br)N1CCCC1C1CCCN1. The summed E-state index contributed by atoms with van der Waals surface area (Å²) in [4.78, 5) is 14.6. The highest BCUT2D eigenvalue weighted by Crippen LogP contribution is 2.28. The number of nitrogens with one attached hydrogen (secondary N) is 1. The Morgan fingerprint density at radius 1 is 1.35 bits per heavy atom. The third-order valence-corrected chi connectivity index (χ3v) is 4.97. The van der Waals surface area contributed by atoms with Gasteiger partial charge in [-0.1, -0.05) is 0 Å². The van der Waals surface area contributed by atoms with Crippen molar-refractivity contribution in [2.24, 2.45) is 0 Å². The molecule has 0 spiro atoms. The molecule has 0 saturated carbocycles. The molecular weight excluding hydrogens is 323 g/mol.